The molecule has 1 fully saturated rings. The van der Waals surface area contributed by atoms with E-state index in [1.807, 2.05) is 24.3 Å². The minimum absolute atomic E-state index is 0.00408. The van der Waals surface area contributed by atoms with Crippen molar-refractivity contribution >= 4 is 22.6 Å². The Bertz CT molecular complexity index is 409. The van der Waals surface area contributed by atoms with Crippen molar-refractivity contribution < 1.29 is 8.78 Å². The van der Waals surface area contributed by atoms with Crippen molar-refractivity contribution in [1.29, 1.82) is 0 Å². The predicted octanol–water partition coefficient (Wildman–Crippen LogP) is 4.51. The molecule has 1 aliphatic carbocycles. The molecular weight excluding hydrogens is 347 g/mol. The molecule has 0 saturated heterocycles. The monoisotopic (exact) mass is 365 g/mol. The molecule has 0 amide bonds. The van der Waals surface area contributed by atoms with E-state index in [1.54, 1.807) is 0 Å². The van der Waals surface area contributed by atoms with Crippen LogP contribution in [0.25, 0.3) is 0 Å². The van der Waals surface area contributed by atoms with Crippen LogP contribution >= 0.6 is 22.6 Å². The molecule has 1 nitrogen and oxygen atoms in total. The SMILES string of the molecule is NC(CC1CCCC(F)(F)C1)c1ccccc1I. The van der Waals surface area contributed by atoms with Gasteiger partial charge in [-0.3, -0.25) is 0 Å². The standard InChI is InChI=1S/C14H18F2IN/c15-14(16)7-3-4-10(9-14)8-13(18)11-5-1-2-6-12(11)17/h1-2,5-6,10,13H,3-4,7-9,18H2. The normalized spacial score (nSPS) is 24.8. The van der Waals surface area contributed by atoms with Crippen LogP contribution in [0, 0.1) is 9.49 Å². The summed E-state index contributed by atoms with van der Waals surface area (Å²) < 4.78 is 27.8. The van der Waals surface area contributed by atoms with Gasteiger partial charge in [0.05, 0.1) is 0 Å². The van der Waals surface area contributed by atoms with Crippen molar-refractivity contribution in [2.45, 2.75) is 44.1 Å². The van der Waals surface area contributed by atoms with Crippen LogP contribution in [0.3, 0.4) is 0 Å². The van der Waals surface area contributed by atoms with E-state index >= 15 is 0 Å². The second kappa shape index (κ2) is 5.82. The first kappa shape index (κ1) is 14.2. The number of halogens is 3. The van der Waals surface area contributed by atoms with Crippen LogP contribution in [-0.4, -0.2) is 5.92 Å². The highest BCUT2D eigenvalue weighted by Gasteiger charge is 2.36. The van der Waals surface area contributed by atoms with E-state index < -0.39 is 5.92 Å². The Morgan fingerprint density at radius 3 is 2.78 bits per heavy atom. The van der Waals surface area contributed by atoms with Gasteiger partial charge in [-0.2, -0.15) is 0 Å². The first-order valence-corrected chi connectivity index (χ1v) is 7.44. The average Bonchev–Trinajstić information content (AvgIpc) is 2.28. The van der Waals surface area contributed by atoms with Gasteiger partial charge in [0, 0.05) is 22.5 Å². The fourth-order valence-corrected chi connectivity index (χ4v) is 3.53. The van der Waals surface area contributed by atoms with Gasteiger partial charge in [0.15, 0.2) is 0 Å². The molecule has 4 heteroatoms. The molecule has 1 saturated carbocycles. The van der Waals surface area contributed by atoms with Crippen molar-refractivity contribution in [3.63, 3.8) is 0 Å². The van der Waals surface area contributed by atoms with Gasteiger partial charge in [0.2, 0.25) is 5.92 Å². The largest absolute Gasteiger partial charge is 0.324 e. The lowest BCUT2D eigenvalue weighted by atomic mass is 9.81. The quantitative estimate of drug-likeness (QED) is 0.784. The van der Waals surface area contributed by atoms with Crippen molar-refractivity contribution in [2.24, 2.45) is 11.7 Å². The molecule has 1 aliphatic rings. The molecule has 2 rings (SSSR count). The van der Waals surface area contributed by atoms with Crippen molar-refractivity contribution in [1.82, 2.24) is 0 Å². The van der Waals surface area contributed by atoms with Crippen molar-refractivity contribution in [3.8, 4) is 0 Å². The molecular formula is C14H18F2IN. The molecule has 100 valence electrons. The summed E-state index contributed by atoms with van der Waals surface area (Å²) in [6.07, 6.45) is 2.21. The molecule has 2 N–H and O–H groups in total. The maximum Gasteiger partial charge on any atom is 0.248 e. The molecule has 18 heavy (non-hydrogen) atoms. The fraction of sp³-hybridized carbons (Fsp3) is 0.571. The summed E-state index contributed by atoms with van der Waals surface area (Å²) >= 11 is 2.25. The van der Waals surface area contributed by atoms with E-state index in [0.717, 1.165) is 15.6 Å². The molecule has 0 bridgehead atoms. The molecule has 0 aliphatic heterocycles. The minimum Gasteiger partial charge on any atom is -0.324 e. The fourth-order valence-electron chi connectivity index (χ4n) is 2.74. The Morgan fingerprint density at radius 2 is 2.11 bits per heavy atom. The zero-order valence-corrected chi connectivity index (χ0v) is 12.4. The maximum atomic E-state index is 13.3. The molecule has 0 heterocycles. The lowest BCUT2D eigenvalue weighted by molar-refractivity contribution is -0.0543. The van der Waals surface area contributed by atoms with Crippen LogP contribution in [0.5, 0.6) is 0 Å². The highest BCUT2D eigenvalue weighted by Crippen LogP contribution is 2.40. The summed E-state index contributed by atoms with van der Waals surface area (Å²) in [4.78, 5) is 0. The number of rotatable bonds is 3. The van der Waals surface area contributed by atoms with E-state index in [1.165, 1.54) is 0 Å². The predicted molar refractivity (Wildman–Crippen MR) is 77.6 cm³/mol. The Hall–Kier alpha value is -0.230. The van der Waals surface area contributed by atoms with Crippen LogP contribution in [-0.2, 0) is 0 Å². The van der Waals surface area contributed by atoms with Gasteiger partial charge in [-0.15, -0.1) is 0 Å². The maximum absolute atomic E-state index is 13.3. The molecule has 1 aromatic carbocycles. The van der Waals surface area contributed by atoms with E-state index in [2.05, 4.69) is 22.6 Å². The van der Waals surface area contributed by atoms with Gasteiger partial charge in [0.25, 0.3) is 0 Å². The second-order valence-corrected chi connectivity index (χ2v) is 6.34. The average molecular weight is 365 g/mol. The second-order valence-electron chi connectivity index (χ2n) is 5.18. The van der Waals surface area contributed by atoms with Gasteiger partial charge in [-0.25, -0.2) is 8.78 Å². The Kier molecular flexibility index (Phi) is 4.59. The topological polar surface area (TPSA) is 26.0 Å². The summed E-state index contributed by atoms with van der Waals surface area (Å²) in [5, 5.41) is 0. The lowest BCUT2D eigenvalue weighted by Gasteiger charge is -2.30. The summed E-state index contributed by atoms with van der Waals surface area (Å²) in [5.41, 5.74) is 7.24. The molecule has 0 spiro atoms. The molecule has 1 aromatic rings. The van der Waals surface area contributed by atoms with Gasteiger partial charge < -0.3 is 5.73 Å². The molecule has 2 atom stereocenters. The Labute approximate surface area is 120 Å². The molecule has 0 radical (unpaired) electrons. The van der Waals surface area contributed by atoms with E-state index in [9.17, 15) is 8.78 Å². The smallest absolute Gasteiger partial charge is 0.248 e. The van der Waals surface area contributed by atoms with E-state index in [0.29, 0.717) is 12.8 Å². The highest BCUT2D eigenvalue weighted by atomic mass is 127. The zero-order chi connectivity index (χ0) is 13.2. The summed E-state index contributed by atoms with van der Waals surface area (Å²) in [5.74, 6) is -2.42. The third-order valence-corrected chi connectivity index (χ3v) is 4.62. The zero-order valence-electron chi connectivity index (χ0n) is 10.2. The summed E-state index contributed by atoms with van der Waals surface area (Å²) in [7, 11) is 0. The number of benzene rings is 1. The van der Waals surface area contributed by atoms with Crippen LogP contribution in [0.1, 0.15) is 43.7 Å². The van der Waals surface area contributed by atoms with E-state index in [-0.39, 0.29) is 24.8 Å². The summed E-state index contributed by atoms with van der Waals surface area (Å²) in [6.45, 7) is 0. The molecule has 0 aromatic heterocycles. The van der Waals surface area contributed by atoms with Crippen LogP contribution in [0.2, 0.25) is 0 Å². The first-order valence-electron chi connectivity index (χ1n) is 6.36. The lowest BCUT2D eigenvalue weighted by Crippen LogP contribution is -2.28. The molecule has 2 unspecified atom stereocenters. The highest BCUT2D eigenvalue weighted by molar-refractivity contribution is 14.1. The third-order valence-electron chi connectivity index (χ3n) is 3.63. The first-order chi connectivity index (χ1) is 8.48. The van der Waals surface area contributed by atoms with Crippen molar-refractivity contribution in [2.75, 3.05) is 0 Å². The van der Waals surface area contributed by atoms with Gasteiger partial charge in [0.1, 0.15) is 0 Å². The van der Waals surface area contributed by atoms with Gasteiger partial charge in [-0.05, 0) is 59.4 Å². The number of hydrogen-bond donors (Lipinski definition) is 1. The van der Waals surface area contributed by atoms with Gasteiger partial charge in [-0.1, -0.05) is 18.2 Å². The third kappa shape index (κ3) is 3.63. The van der Waals surface area contributed by atoms with Crippen LogP contribution in [0.4, 0.5) is 8.78 Å². The van der Waals surface area contributed by atoms with E-state index in [4.69, 9.17) is 5.73 Å². The number of hydrogen-bond acceptors (Lipinski definition) is 1. The van der Waals surface area contributed by atoms with Crippen LogP contribution < -0.4 is 5.73 Å². The summed E-state index contributed by atoms with van der Waals surface area (Å²) in [6, 6.07) is 7.79. The Balaban J connectivity index is 1.99. The minimum atomic E-state index is -2.48. The van der Waals surface area contributed by atoms with Crippen LogP contribution in [0.15, 0.2) is 24.3 Å². The number of nitrogens with two attached hydrogens (primary N) is 1. The van der Waals surface area contributed by atoms with Crippen molar-refractivity contribution in [3.05, 3.63) is 33.4 Å². The van der Waals surface area contributed by atoms with Gasteiger partial charge >= 0.3 is 0 Å². The Morgan fingerprint density at radius 1 is 1.39 bits per heavy atom. The number of alkyl halides is 2.